The van der Waals surface area contributed by atoms with Crippen molar-refractivity contribution in [3.8, 4) is 0 Å². The Morgan fingerprint density at radius 2 is 1.24 bits per heavy atom. The molecule has 0 aliphatic rings. The first-order valence-electron chi connectivity index (χ1n) is 7.52. The van der Waals surface area contributed by atoms with Crippen LogP contribution in [0.5, 0.6) is 0 Å². The van der Waals surface area contributed by atoms with Crippen LogP contribution in [0, 0.1) is 0 Å². The van der Waals surface area contributed by atoms with Crippen molar-refractivity contribution in [2.24, 2.45) is 0 Å². The quantitative estimate of drug-likeness (QED) is 0.667. The molecule has 108 valence electrons. The third-order valence-corrected chi connectivity index (χ3v) is 3.56. The van der Waals surface area contributed by atoms with Crippen molar-refractivity contribution in [1.29, 1.82) is 0 Å². The maximum atomic E-state index is 11.4. The second-order valence-corrected chi connectivity index (χ2v) is 5.38. The van der Waals surface area contributed by atoms with Gasteiger partial charge in [-0.1, -0.05) is 66.2 Å². The minimum absolute atomic E-state index is 0.145. The molecule has 0 amide bonds. The molecule has 2 aromatic carbocycles. The molecule has 0 unspecified atom stereocenters. The van der Waals surface area contributed by atoms with E-state index in [-0.39, 0.29) is 5.78 Å². The Bertz CT molecular complexity index is 536. The third-order valence-electron chi connectivity index (χ3n) is 3.56. The molecule has 0 fully saturated rings. The molecule has 1 nitrogen and oxygen atoms in total. The zero-order valence-electron chi connectivity index (χ0n) is 12.6. The maximum absolute atomic E-state index is 11.4. The molecule has 0 atom stereocenters. The first-order valence-corrected chi connectivity index (χ1v) is 7.52. The molecule has 1 heteroatoms. The summed E-state index contributed by atoms with van der Waals surface area (Å²) in [6.07, 6.45) is 5.71. The topological polar surface area (TPSA) is 17.1 Å². The zero-order valence-corrected chi connectivity index (χ0v) is 12.6. The highest BCUT2D eigenvalue weighted by atomic mass is 16.1. The number of allylic oxidation sites excluding steroid dienone is 2. The Hall–Kier alpha value is -2.15. The van der Waals surface area contributed by atoms with Crippen LogP contribution in [0.3, 0.4) is 0 Å². The predicted molar refractivity (Wildman–Crippen MR) is 88.3 cm³/mol. The summed E-state index contributed by atoms with van der Waals surface area (Å²) in [5.41, 5.74) is 3.90. The van der Waals surface area contributed by atoms with E-state index in [9.17, 15) is 4.79 Å². The van der Waals surface area contributed by atoms with E-state index < -0.39 is 0 Å². The van der Waals surface area contributed by atoms with E-state index in [1.165, 1.54) is 16.7 Å². The lowest BCUT2D eigenvalue weighted by atomic mass is 9.97. The second-order valence-electron chi connectivity index (χ2n) is 5.38. The average Bonchev–Trinajstić information content (AvgIpc) is 2.51. The number of rotatable bonds is 7. The fourth-order valence-electron chi connectivity index (χ4n) is 2.46. The summed E-state index contributed by atoms with van der Waals surface area (Å²) >= 11 is 0. The minimum atomic E-state index is 0.145. The molecule has 0 aliphatic heterocycles. The van der Waals surface area contributed by atoms with Gasteiger partial charge in [-0.25, -0.2) is 0 Å². The van der Waals surface area contributed by atoms with Crippen LogP contribution < -0.4 is 0 Å². The van der Waals surface area contributed by atoms with Crippen molar-refractivity contribution in [3.05, 3.63) is 83.4 Å². The van der Waals surface area contributed by atoms with Crippen LogP contribution in [0.1, 0.15) is 30.9 Å². The molecular weight excluding hydrogens is 256 g/mol. The Morgan fingerprint density at radius 1 is 0.810 bits per heavy atom. The first-order chi connectivity index (χ1) is 10.2. The minimum Gasteiger partial charge on any atom is -0.295 e. The van der Waals surface area contributed by atoms with Crippen LogP contribution in [-0.4, -0.2) is 5.78 Å². The molecular formula is C20H22O. The van der Waals surface area contributed by atoms with E-state index in [0.29, 0.717) is 0 Å². The van der Waals surface area contributed by atoms with Gasteiger partial charge in [-0.15, -0.1) is 0 Å². The maximum Gasteiger partial charge on any atom is 0.152 e. The number of hydrogen-bond acceptors (Lipinski definition) is 1. The molecule has 0 saturated carbocycles. The van der Waals surface area contributed by atoms with E-state index in [0.717, 1.165) is 25.7 Å². The highest BCUT2D eigenvalue weighted by molar-refractivity contribution is 5.87. The zero-order chi connectivity index (χ0) is 14.9. The van der Waals surface area contributed by atoms with Crippen LogP contribution in [0.2, 0.25) is 0 Å². The van der Waals surface area contributed by atoms with E-state index >= 15 is 0 Å². The Balaban J connectivity index is 1.94. The molecule has 0 saturated heterocycles. The lowest BCUT2D eigenvalue weighted by Gasteiger charge is -2.08. The summed E-state index contributed by atoms with van der Waals surface area (Å²) in [5.74, 6) is 0.145. The van der Waals surface area contributed by atoms with E-state index in [2.05, 4.69) is 48.5 Å². The number of carbonyl (C=O) groups excluding carboxylic acids is 1. The lowest BCUT2D eigenvalue weighted by molar-refractivity contribution is -0.112. The molecule has 2 rings (SSSR count). The highest BCUT2D eigenvalue weighted by Gasteiger charge is 2.02. The van der Waals surface area contributed by atoms with Crippen LogP contribution in [0.4, 0.5) is 0 Å². The Morgan fingerprint density at radius 3 is 1.62 bits per heavy atom. The molecule has 0 N–H and O–H groups in total. The first kappa shape index (κ1) is 15.2. The smallest absolute Gasteiger partial charge is 0.152 e. The van der Waals surface area contributed by atoms with E-state index in [4.69, 9.17) is 0 Å². The number of carbonyl (C=O) groups is 1. The summed E-state index contributed by atoms with van der Waals surface area (Å²) in [4.78, 5) is 11.4. The largest absolute Gasteiger partial charge is 0.295 e. The second kappa shape index (κ2) is 8.21. The predicted octanol–water partition coefficient (Wildman–Crippen LogP) is 4.77. The molecule has 0 radical (unpaired) electrons. The van der Waals surface area contributed by atoms with Gasteiger partial charge < -0.3 is 0 Å². The van der Waals surface area contributed by atoms with Gasteiger partial charge in [0, 0.05) is 0 Å². The molecule has 0 heterocycles. The Labute approximate surface area is 127 Å². The standard InChI is InChI=1S/C20H22O/c1-17(21)16-20(14-12-18-8-4-2-5-9-18)15-13-19-10-6-3-7-11-19/h2-11,16H,12-15H2,1H3. The fourth-order valence-corrected chi connectivity index (χ4v) is 2.46. The van der Waals surface area contributed by atoms with Crippen LogP contribution >= 0.6 is 0 Å². The molecule has 0 aliphatic carbocycles. The van der Waals surface area contributed by atoms with Gasteiger partial charge in [0.2, 0.25) is 0 Å². The summed E-state index contributed by atoms with van der Waals surface area (Å²) in [7, 11) is 0. The third kappa shape index (κ3) is 5.78. The van der Waals surface area contributed by atoms with Gasteiger partial charge >= 0.3 is 0 Å². The van der Waals surface area contributed by atoms with Gasteiger partial charge in [0.25, 0.3) is 0 Å². The Kier molecular flexibility index (Phi) is 5.96. The van der Waals surface area contributed by atoms with Crippen molar-refractivity contribution in [3.63, 3.8) is 0 Å². The van der Waals surface area contributed by atoms with Gasteiger partial charge in [-0.05, 0) is 49.8 Å². The fraction of sp³-hybridized carbons (Fsp3) is 0.250. The number of hydrogen-bond donors (Lipinski definition) is 0. The van der Waals surface area contributed by atoms with Gasteiger partial charge in [-0.2, -0.15) is 0 Å². The normalized spacial score (nSPS) is 10.1. The van der Waals surface area contributed by atoms with Crippen molar-refractivity contribution in [2.75, 3.05) is 0 Å². The monoisotopic (exact) mass is 278 g/mol. The van der Waals surface area contributed by atoms with Crippen LogP contribution in [0.25, 0.3) is 0 Å². The lowest BCUT2D eigenvalue weighted by Crippen LogP contribution is -1.96. The molecule has 2 aromatic rings. The van der Waals surface area contributed by atoms with Gasteiger partial charge in [0.1, 0.15) is 0 Å². The molecule has 21 heavy (non-hydrogen) atoms. The van der Waals surface area contributed by atoms with Gasteiger partial charge in [0.05, 0.1) is 0 Å². The average molecular weight is 278 g/mol. The van der Waals surface area contributed by atoms with Crippen molar-refractivity contribution in [2.45, 2.75) is 32.6 Å². The van der Waals surface area contributed by atoms with Crippen LogP contribution in [0.15, 0.2) is 72.3 Å². The van der Waals surface area contributed by atoms with Gasteiger partial charge in [0.15, 0.2) is 5.78 Å². The summed E-state index contributed by atoms with van der Waals surface area (Å²) < 4.78 is 0. The van der Waals surface area contributed by atoms with Crippen molar-refractivity contribution < 1.29 is 4.79 Å². The van der Waals surface area contributed by atoms with Gasteiger partial charge in [-0.3, -0.25) is 4.79 Å². The van der Waals surface area contributed by atoms with Crippen molar-refractivity contribution >= 4 is 5.78 Å². The van der Waals surface area contributed by atoms with E-state index in [1.807, 2.05) is 18.2 Å². The molecule has 0 bridgehead atoms. The van der Waals surface area contributed by atoms with E-state index in [1.54, 1.807) is 6.92 Å². The number of aryl methyl sites for hydroxylation is 2. The molecule has 0 aromatic heterocycles. The number of ketones is 1. The number of benzene rings is 2. The SMILES string of the molecule is CC(=O)C=C(CCc1ccccc1)CCc1ccccc1. The summed E-state index contributed by atoms with van der Waals surface area (Å²) in [5, 5.41) is 0. The highest BCUT2D eigenvalue weighted by Crippen LogP contribution is 2.16. The van der Waals surface area contributed by atoms with Crippen LogP contribution in [-0.2, 0) is 17.6 Å². The molecule has 0 spiro atoms. The summed E-state index contributed by atoms with van der Waals surface area (Å²) in [6, 6.07) is 20.9. The summed E-state index contributed by atoms with van der Waals surface area (Å²) in [6.45, 7) is 1.63. The van der Waals surface area contributed by atoms with Crippen molar-refractivity contribution in [1.82, 2.24) is 0 Å².